The molecular weight excluding hydrogens is 218 g/mol. The molecule has 0 saturated carbocycles. The summed E-state index contributed by atoms with van der Waals surface area (Å²) in [5.41, 5.74) is 0.796. The molecule has 1 aromatic heterocycles. The molecule has 0 unspecified atom stereocenters. The van der Waals surface area contributed by atoms with Gasteiger partial charge in [-0.1, -0.05) is 23.7 Å². The Labute approximate surface area is 89.8 Å². The van der Waals surface area contributed by atoms with Gasteiger partial charge in [-0.3, -0.25) is 15.2 Å². The lowest BCUT2D eigenvalue weighted by molar-refractivity contribution is -0.384. The molecule has 2 aromatic rings. The van der Waals surface area contributed by atoms with Crippen LogP contribution in [0.2, 0.25) is 5.02 Å². The van der Waals surface area contributed by atoms with Crippen LogP contribution in [0, 0.1) is 10.1 Å². The molecule has 1 heterocycles. The highest BCUT2D eigenvalue weighted by molar-refractivity contribution is 6.33. The van der Waals surface area contributed by atoms with Crippen molar-refractivity contribution in [2.24, 2.45) is 0 Å². The van der Waals surface area contributed by atoms with Gasteiger partial charge in [0, 0.05) is 12.3 Å². The number of aromatic nitrogens is 2. The van der Waals surface area contributed by atoms with Crippen LogP contribution in [0.15, 0.2) is 30.5 Å². The van der Waals surface area contributed by atoms with Gasteiger partial charge in [0.1, 0.15) is 5.69 Å². The number of nitrogens with zero attached hydrogens (tertiary/aromatic N) is 2. The Hall–Kier alpha value is -1.88. The zero-order valence-corrected chi connectivity index (χ0v) is 8.23. The first-order valence-electron chi connectivity index (χ1n) is 4.13. The molecule has 0 amide bonds. The van der Waals surface area contributed by atoms with Gasteiger partial charge >= 0.3 is 0 Å². The number of H-pyrrole nitrogens is 1. The number of nitro groups is 1. The largest absolute Gasteiger partial charge is 0.284 e. The lowest BCUT2D eigenvalue weighted by Gasteiger charge is -1.98. The van der Waals surface area contributed by atoms with Crippen LogP contribution < -0.4 is 0 Å². The molecule has 0 atom stereocenters. The van der Waals surface area contributed by atoms with Gasteiger partial charge < -0.3 is 0 Å². The minimum Gasteiger partial charge on any atom is -0.284 e. The highest BCUT2D eigenvalue weighted by Gasteiger charge is 2.17. The summed E-state index contributed by atoms with van der Waals surface area (Å²) in [6.45, 7) is 0. The van der Waals surface area contributed by atoms with Crippen molar-refractivity contribution >= 4 is 17.3 Å². The van der Waals surface area contributed by atoms with Gasteiger partial charge in [0.2, 0.25) is 0 Å². The number of hydrogen-bond donors (Lipinski definition) is 1. The highest BCUT2D eigenvalue weighted by atomic mass is 35.5. The molecule has 0 aliphatic rings. The predicted octanol–water partition coefficient (Wildman–Crippen LogP) is 2.64. The number of nitrogens with one attached hydrogen (secondary N) is 1. The second-order valence-corrected chi connectivity index (χ2v) is 3.26. The van der Waals surface area contributed by atoms with Crippen molar-refractivity contribution in [1.29, 1.82) is 0 Å². The number of halogens is 1. The molecule has 0 aliphatic heterocycles. The summed E-state index contributed by atoms with van der Waals surface area (Å²) in [4.78, 5) is 10.3. The maximum Gasteiger partial charge on any atom is 0.278 e. The van der Waals surface area contributed by atoms with Crippen molar-refractivity contribution in [2.75, 3.05) is 0 Å². The van der Waals surface area contributed by atoms with Gasteiger partial charge in [0.05, 0.1) is 15.5 Å². The normalized spacial score (nSPS) is 10.2. The fraction of sp³-hybridized carbons (Fsp3) is 0. The van der Waals surface area contributed by atoms with Crippen LogP contribution >= 0.6 is 11.6 Å². The number of benzene rings is 1. The first kappa shape index (κ1) is 9.67. The molecule has 0 saturated heterocycles. The predicted molar refractivity (Wildman–Crippen MR) is 55.7 cm³/mol. The Balaban J connectivity index is 2.63. The SMILES string of the molecule is O=[N+]([O-])c1ccccc1-c1n[nH]cc1Cl. The number of para-hydroxylation sites is 1. The van der Waals surface area contributed by atoms with Gasteiger partial charge in [-0.05, 0) is 6.07 Å². The van der Waals surface area contributed by atoms with Crippen LogP contribution in [-0.4, -0.2) is 15.1 Å². The summed E-state index contributed by atoms with van der Waals surface area (Å²) in [6.07, 6.45) is 1.48. The van der Waals surface area contributed by atoms with Crippen LogP contribution in [0.1, 0.15) is 0 Å². The van der Waals surface area contributed by atoms with E-state index in [4.69, 9.17) is 11.6 Å². The molecule has 0 fully saturated rings. The standard InChI is InChI=1S/C9H6ClN3O2/c10-7-5-11-12-9(7)6-3-1-2-4-8(6)13(14)15/h1-5H,(H,11,12). The van der Waals surface area contributed by atoms with Gasteiger partial charge in [-0.25, -0.2) is 0 Å². The van der Waals surface area contributed by atoms with Crippen molar-refractivity contribution in [1.82, 2.24) is 10.2 Å². The van der Waals surface area contributed by atoms with Crippen molar-refractivity contribution in [2.45, 2.75) is 0 Å². The van der Waals surface area contributed by atoms with Gasteiger partial charge in [-0.15, -0.1) is 0 Å². The topological polar surface area (TPSA) is 71.8 Å². The van der Waals surface area contributed by atoms with Crippen LogP contribution in [0.3, 0.4) is 0 Å². The Morgan fingerprint density at radius 1 is 1.40 bits per heavy atom. The third-order valence-electron chi connectivity index (χ3n) is 1.95. The maximum absolute atomic E-state index is 10.8. The van der Waals surface area contributed by atoms with E-state index in [-0.39, 0.29) is 5.69 Å². The highest BCUT2D eigenvalue weighted by Crippen LogP contribution is 2.32. The van der Waals surface area contributed by atoms with E-state index < -0.39 is 4.92 Å². The van der Waals surface area contributed by atoms with Crippen LogP contribution in [0.4, 0.5) is 5.69 Å². The third-order valence-corrected chi connectivity index (χ3v) is 2.24. The third kappa shape index (κ3) is 1.69. The average Bonchev–Trinajstić information content (AvgIpc) is 2.64. The van der Waals surface area contributed by atoms with E-state index in [1.807, 2.05) is 0 Å². The summed E-state index contributed by atoms with van der Waals surface area (Å²) < 4.78 is 0. The van der Waals surface area contributed by atoms with Crippen molar-refractivity contribution < 1.29 is 4.92 Å². The fourth-order valence-corrected chi connectivity index (χ4v) is 1.49. The van der Waals surface area contributed by atoms with E-state index in [1.54, 1.807) is 18.2 Å². The quantitative estimate of drug-likeness (QED) is 0.628. The zero-order valence-electron chi connectivity index (χ0n) is 7.48. The lowest BCUT2D eigenvalue weighted by Crippen LogP contribution is -1.91. The summed E-state index contributed by atoms with van der Waals surface area (Å²) in [5, 5.41) is 17.5. The second-order valence-electron chi connectivity index (χ2n) is 2.86. The van der Waals surface area contributed by atoms with E-state index in [0.29, 0.717) is 16.3 Å². The summed E-state index contributed by atoms with van der Waals surface area (Å²) in [6, 6.07) is 6.33. The van der Waals surface area contributed by atoms with E-state index in [0.717, 1.165) is 0 Å². The molecule has 15 heavy (non-hydrogen) atoms. The minimum absolute atomic E-state index is 0.00787. The molecule has 2 rings (SSSR count). The summed E-state index contributed by atoms with van der Waals surface area (Å²) >= 11 is 5.83. The molecule has 6 heteroatoms. The first-order chi connectivity index (χ1) is 7.20. The minimum atomic E-state index is -0.458. The molecule has 76 valence electrons. The summed E-state index contributed by atoms with van der Waals surface area (Å²) in [5.74, 6) is 0. The Bertz CT molecular complexity index is 510. The monoisotopic (exact) mass is 223 g/mol. The number of hydrogen-bond acceptors (Lipinski definition) is 3. The maximum atomic E-state index is 10.8. The number of aromatic amines is 1. The molecule has 1 aromatic carbocycles. The van der Waals surface area contributed by atoms with E-state index in [1.165, 1.54) is 12.3 Å². The Kier molecular flexibility index (Phi) is 2.39. The van der Waals surface area contributed by atoms with Gasteiger partial charge in [0.15, 0.2) is 0 Å². The summed E-state index contributed by atoms with van der Waals surface area (Å²) in [7, 11) is 0. The van der Waals surface area contributed by atoms with Crippen molar-refractivity contribution in [3.05, 3.63) is 45.6 Å². The fourth-order valence-electron chi connectivity index (χ4n) is 1.30. The number of rotatable bonds is 2. The molecule has 0 bridgehead atoms. The van der Waals surface area contributed by atoms with Crippen LogP contribution in [-0.2, 0) is 0 Å². The van der Waals surface area contributed by atoms with Crippen LogP contribution in [0.25, 0.3) is 11.3 Å². The molecule has 0 radical (unpaired) electrons. The van der Waals surface area contributed by atoms with E-state index >= 15 is 0 Å². The second kappa shape index (κ2) is 3.70. The van der Waals surface area contributed by atoms with Crippen molar-refractivity contribution in [3.63, 3.8) is 0 Å². The Morgan fingerprint density at radius 3 is 2.73 bits per heavy atom. The zero-order chi connectivity index (χ0) is 10.8. The van der Waals surface area contributed by atoms with Gasteiger partial charge in [-0.2, -0.15) is 5.10 Å². The molecule has 1 N–H and O–H groups in total. The van der Waals surface area contributed by atoms with Crippen molar-refractivity contribution in [3.8, 4) is 11.3 Å². The van der Waals surface area contributed by atoms with E-state index in [2.05, 4.69) is 10.2 Å². The molecular formula is C9H6ClN3O2. The smallest absolute Gasteiger partial charge is 0.278 e. The van der Waals surface area contributed by atoms with E-state index in [9.17, 15) is 10.1 Å². The average molecular weight is 224 g/mol. The van der Waals surface area contributed by atoms with Crippen LogP contribution in [0.5, 0.6) is 0 Å². The first-order valence-corrected chi connectivity index (χ1v) is 4.51. The Morgan fingerprint density at radius 2 is 2.13 bits per heavy atom. The number of nitro benzene ring substituents is 1. The molecule has 5 nitrogen and oxygen atoms in total. The molecule has 0 aliphatic carbocycles. The lowest BCUT2D eigenvalue weighted by atomic mass is 10.1. The molecule has 0 spiro atoms. The van der Waals surface area contributed by atoms with Gasteiger partial charge in [0.25, 0.3) is 5.69 Å².